The number of aliphatic carboxylic acids is 1. The van der Waals surface area contributed by atoms with Crippen molar-refractivity contribution in [3.05, 3.63) is 39.4 Å². The van der Waals surface area contributed by atoms with Crippen molar-refractivity contribution in [2.75, 3.05) is 19.7 Å². The van der Waals surface area contributed by atoms with E-state index in [0.29, 0.717) is 17.7 Å². The number of amides is 1. The first-order chi connectivity index (χ1) is 9.90. The lowest BCUT2D eigenvalue weighted by Crippen LogP contribution is -2.48. The number of aryl methyl sites for hydroxylation is 1. The summed E-state index contributed by atoms with van der Waals surface area (Å²) in [5, 5.41) is 19.6. The van der Waals surface area contributed by atoms with Crippen LogP contribution in [0.4, 0.5) is 5.69 Å². The third-order valence-electron chi connectivity index (χ3n) is 3.28. The fourth-order valence-electron chi connectivity index (χ4n) is 2.15. The standard InChI is InChI=1S/C13H14N2O6/c1-8-6-9(15(19)20)2-3-10(8)12(16)14-4-5-21-11(7-14)13(17)18/h2-3,6,11H,4-5,7H2,1H3,(H,17,18). The molecule has 1 fully saturated rings. The predicted molar refractivity (Wildman–Crippen MR) is 71.1 cm³/mol. The van der Waals surface area contributed by atoms with E-state index in [4.69, 9.17) is 9.84 Å². The lowest BCUT2D eigenvalue weighted by atomic mass is 10.1. The largest absolute Gasteiger partial charge is 0.479 e. The van der Waals surface area contributed by atoms with Crippen molar-refractivity contribution in [3.8, 4) is 0 Å². The second kappa shape index (κ2) is 5.88. The van der Waals surface area contributed by atoms with Crippen molar-refractivity contribution >= 4 is 17.6 Å². The van der Waals surface area contributed by atoms with Gasteiger partial charge >= 0.3 is 5.97 Å². The number of carboxylic acid groups (broad SMARTS) is 1. The summed E-state index contributed by atoms with van der Waals surface area (Å²) in [6.07, 6.45) is -1.04. The first kappa shape index (κ1) is 14.9. The van der Waals surface area contributed by atoms with Gasteiger partial charge in [-0.15, -0.1) is 0 Å². The zero-order chi connectivity index (χ0) is 15.6. The van der Waals surface area contributed by atoms with Crippen LogP contribution in [0.2, 0.25) is 0 Å². The highest BCUT2D eigenvalue weighted by Gasteiger charge is 2.30. The van der Waals surface area contributed by atoms with Gasteiger partial charge in [0.2, 0.25) is 0 Å². The number of nitro benzene ring substituents is 1. The number of non-ortho nitro benzene ring substituents is 1. The molecule has 0 spiro atoms. The number of carbonyl (C=O) groups excluding carboxylic acids is 1. The van der Waals surface area contributed by atoms with Crippen molar-refractivity contribution in [2.45, 2.75) is 13.0 Å². The molecule has 21 heavy (non-hydrogen) atoms. The van der Waals surface area contributed by atoms with E-state index in [9.17, 15) is 19.7 Å². The fraction of sp³-hybridized carbons (Fsp3) is 0.385. The van der Waals surface area contributed by atoms with Gasteiger partial charge in [0, 0.05) is 24.2 Å². The van der Waals surface area contributed by atoms with E-state index in [1.807, 2.05) is 0 Å². The van der Waals surface area contributed by atoms with Crippen molar-refractivity contribution in [2.24, 2.45) is 0 Å². The Morgan fingerprint density at radius 1 is 1.48 bits per heavy atom. The molecular weight excluding hydrogens is 280 g/mol. The van der Waals surface area contributed by atoms with E-state index >= 15 is 0 Å². The summed E-state index contributed by atoms with van der Waals surface area (Å²) in [5.74, 6) is -1.47. The number of nitro groups is 1. The van der Waals surface area contributed by atoms with Crippen LogP contribution in [0.25, 0.3) is 0 Å². The van der Waals surface area contributed by atoms with Crippen LogP contribution in [0.1, 0.15) is 15.9 Å². The quantitative estimate of drug-likeness (QED) is 0.653. The van der Waals surface area contributed by atoms with Crippen LogP contribution in [-0.2, 0) is 9.53 Å². The smallest absolute Gasteiger partial charge is 0.334 e. The molecule has 8 heteroatoms. The Hall–Kier alpha value is -2.48. The van der Waals surface area contributed by atoms with Crippen LogP contribution in [0.3, 0.4) is 0 Å². The highest BCUT2D eigenvalue weighted by Crippen LogP contribution is 2.19. The van der Waals surface area contributed by atoms with E-state index in [1.165, 1.54) is 23.1 Å². The van der Waals surface area contributed by atoms with Gasteiger partial charge in [-0.05, 0) is 18.6 Å². The van der Waals surface area contributed by atoms with Gasteiger partial charge in [-0.3, -0.25) is 14.9 Å². The molecule has 0 aromatic heterocycles. The van der Waals surface area contributed by atoms with E-state index in [-0.39, 0.29) is 24.7 Å². The molecule has 112 valence electrons. The van der Waals surface area contributed by atoms with Crippen molar-refractivity contribution in [1.29, 1.82) is 0 Å². The summed E-state index contributed by atoms with van der Waals surface area (Å²) in [6, 6.07) is 3.97. The molecule has 0 bridgehead atoms. The molecule has 0 radical (unpaired) electrons. The minimum atomic E-state index is -1.12. The second-order valence-electron chi connectivity index (χ2n) is 4.71. The summed E-state index contributed by atoms with van der Waals surface area (Å²) >= 11 is 0. The molecule has 1 aliphatic heterocycles. The summed E-state index contributed by atoms with van der Waals surface area (Å²) in [4.78, 5) is 34.8. The average Bonchev–Trinajstić information content (AvgIpc) is 2.46. The monoisotopic (exact) mass is 294 g/mol. The fourth-order valence-corrected chi connectivity index (χ4v) is 2.15. The van der Waals surface area contributed by atoms with E-state index < -0.39 is 17.0 Å². The predicted octanol–water partition coefficient (Wildman–Crippen LogP) is 0.829. The van der Waals surface area contributed by atoms with Gasteiger partial charge in [0.05, 0.1) is 18.1 Å². The Bertz CT molecular complexity index is 600. The summed E-state index contributed by atoms with van der Waals surface area (Å²) in [6.45, 7) is 2.01. The maximum atomic E-state index is 12.4. The number of carbonyl (C=O) groups is 2. The minimum Gasteiger partial charge on any atom is -0.479 e. The van der Waals surface area contributed by atoms with Gasteiger partial charge in [-0.1, -0.05) is 0 Å². The molecule has 1 saturated heterocycles. The lowest BCUT2D eigenvalue weighted by Gasteiger charge is -2.31. The zero-order valence-corrected chi connectivity index (χ0v) is 11.3. The zero-order valence-electron chi connectivity index (χ0n) is 11.3. The number of benzene rings is 1. The molecule has 1 aromatic rings. The van der Waals surface area contributed by atoms with Gasteiger partial charge in [0.15, 0.2) is 6.10 Å². The van der Waals surface area contributed by atoms with Crippen LogP contribution in [-0.4, -0.2) is 52.6 Å². The Labute approximate surface area is 120 Å². The number of carboxylic acids is 1. The Morgan fingerprint density at radius 3 is 2.76 bits per heavy atom. The molecule has 1 aliphatic rings. The van der Waals surface area contributed by atoms with E-state index in [1.54, 1.807) is 6.92 Å². The van der Waals surface area contributed by atoms with Crippen LogP contribution >= 0.6 is 0 Å². The molecule has 0 aliphatic carbocycles. The molecule has 1 aromatic carbocycles. The highest BCUT2D eigenvalue weighted by molar-refractivity contribution is 5.96. The maximum absolute atomic E-state index is 12.4. The SMILES string of the molecule is Cc1cc([N+](=O)[O-])ccc1C(=O)N1CCOC(C(=O)O)C1. The molecular formula is C13H14N2O6. The minimum absolute atomic E-state index is 0.0371. The van der Waals surface area contributed by atoms with Crippen LogP contribution < -0.4 is 0 Å². The topological polar surface area (TPSA) is 110 Å². The normalized spacial score (nSPS) is 18.3. The lowest BCUT2D eigenvalue weighted by molar-refractivity contribution is -0.384. The van der Waals surface area contributed by atoms with Crippen LogP contribution in [0.15, 0.2) is 18.2 Å². The van der Waals surface area contributed by atoms with Crippen molar-refractivity contribution in [1.82, 2.24) is 4.90 Å². The third-order valence-corrected chi connectivity index (χ3v) is 3.28. The maximum Gasteiger partial charge on any atom is 0.334 e. The van der Waals surface area contributed by atoms with E-state index in [2.05, 4.69) is 0 Å². The molecule has 0 saturated carbocycles. The van der Waals surface area contributed by atoms with Gasteiger partial charge in [-0.2, -0.15) is 0 Å². The number of hydrogen-bond acceptors (Lipinski definition) is 5. The summed E-state index contributed by atoms with van der Waals surface area (Å²) < 4.78 is 5.05. The Kier molecular flexibility index (Phi) is 4.18. The molecule has 8 nitrogen and oxygen atoms in total. The third kappa shape index (κ3) is 3.16. The molecule has 1 heterocycles. The Morgan fingerprint density at radius 2 is 2.19 bits per heavy atom. The number of ether oxygens (including phenoxy) is 1. The van der Waals surface area contributed by atoms with Gasteiger partial charge in [-0.25, -0.2) is 4.79 Å². The van der Waals surface area contributed by atoms with Crippen LogP contribution in [0.5, 0.6) is 0 Å². The first-order valence-electron chi connectivity index (χ1n) is 6.29. The average molecular weight is 294 g/mol. The number of nitrogens with zero attached hydrogens (tertiary/aromatic N) is 2. The summed E-state index contributed by atoms with van der Waals surface area (Å²) in [5.41, 5.74) is 0.716. The first-order valence-corrected chi connectivity index (χ1v) is 6.29. The number of morpholine rings is 1. The Balaban J connectivity index is 2.20. The molecule has 1 unspecified atom stereocenters. The highest BCUT2D eigenvalue weighted by atomic mass is 16.6. The molecule has 1 N–H and O–H groups in total. The van der Waals surface area contributed by atoms with Gasteiger partial charge < -0.3 is 14.7 Å². The van der Waals surface area contributed by atoms with Gasteiger partial charge in [0.25, 0.3) is 11.6 Å². The van der Waals surface area contributed by atoms with Crippen molar-refractivity contribution < 1.29 is 24.4 Å². The second-order valence-corrected chi connectivity index (χ2v) is 4.71. The molecule has 2 rings (SSSR count). The molecule has 1 amide bonds. The van der Waals surface area contributed by atoms with Crippen LogP contribution in [0, 0.1) is 17.0 Å². The number of rotatable bonds is 3. The molecule has 1 atom stereocenters. The number of hydrogen-bond donors (Lipinski definition) is 1. The van der Waals surface area contributed by atoms with Crippen molar-refractivity contribution in [3.63, 3.8) is 0 Å². The van der Waals surface area contributed by atoms with E-state index in [0.717, 1.165) is 0 Å². The van der Waals surface area contributed by atoms with Gasteiger partial charge in [0.1, 0.15) is 0 Å². The summed E-state index contributed by atoms with van der Waals surface area (Å²) in [7, 11) is 0.